The third-order valence-electron chi connectivity index (χ3n) is 3.95. The molecule has 0 amide bonds. The van der Waals surface area contributed by atoms with E-state index in [1.165, 1.54) is 34.9 Å². The van der Waals surface area contributed by atoms with Gasteiger partial charge >= 0.3 is 0 Å². The molecule has 2 atom stereocenters. The van der Waals surface area contributed by atoms with E-state index in [9.17, 15) is 9.50 Å². The van der Waals surface area contributed by atoms with Gasteiger partial charge in [0.2, 0.25) is 0 Å². The average Bonchev–Trinajstić information content (AvgIpc) is 3.25. The van der Waals surface area contributed by atoms with Crippen molar-refractivity contribution in [1.29, 1.82) is 0 Å². The molecule has 2 aromatic rings. The summed E-state index contributed by atoms with van der Waals surface area (Å²) in [6.45, 7) is 2.83. The van der Waals surface area contributed by atoms with Gasteiger partial charge in [0.25, 0.3) is 0 Å². The van der Waals surface area contributed by atoms with Crippen LogP contribution in [0.25, 0.3) is 0 Å². The number of halogens is 1. The Morgan fingerprint density at radius 2 is 2.09 bits per heavy atom. The van der Waals surface area contributed by atoms with Gasteiger partial charge in [0.1, 0.15) is 5.82 Å². The lowest BCUT2D eigenvalue weighted by atomic mass is 10.0. The van der Waals surface area contributed by atoms with Crippen LogP contribution in [0.2, 0.25) is 0 Å². The van der Waals surface area contributed by atoms with Crippen molar-refractivity contribution in [3.05, 3.63) is 51.7 Å². The third-order valence-corrected chi connectivity index (χ3v) is 5.11. The summed E-state index contributed by atoms with van der Waals surface area (Å²) in [4.78, 5) is 5.71. The molecule has 2 unspecified atom stereocenters. The van der Waals surface area contributed by atoms with Crippen LogP contribution in [0.1, 0.15) is 53.7 Å². The molecule has 0 spiro atoms. The molecule has 1 aliphatic rings. The predicted octanol–water partition coefficient (Wildman–Crippen LogP) is 3.76. The lowest BCUT2D eigenvalue weighted by Crippen LogP contribution is -2.27. The molecule has 1 aromatic heterocycles. The molecule has 5 heteroatoms. The molecule has 2 N–H and O–H groups in total. The minimum absolute atomic E-state index is 0.173. The molecule has 0 radical (unpaired) electrons. The second-order valence-electron chi connectivity index (χ2n) is 6.02. The van der Waals surface area contributed by atoms with Gasteiger partial charge in [-0.2, -0.15) is 0 Å². The van der Waals surface area contributed by atoms with E-state index in [0.717, 1.165) is 12.1 Å². The van der Waals surface area contributed by atoms with E-state index in [4.69, 9.17) is 0 Å². The highest BCUT2D eigenvalue weighted by Crippen LogP contribution is 2.41. The maximum Gasteiger partial charge on any atom is 0.123 e. The first-order valence-corrected chi connectivity index (χ1v) is 8.55. The highest BCUT2D eigenvalue weighted by molar-refractivity contribution is 7.11. The molecular formula is C17H21FN2OS. The quantitative estimate of drug-likeness (QED) is 0.816. The van der Waals surface area contributed by atoms with Gasteiger partial charge < -0.3 is 10.4 Å². The fraction of sp³-hybridized carbons (Fsp3) is 0.471. The van der Waals surface area contributed by atoms with Crippen LogP contribution in [0.4, 0.5) is 4.39 Å². The van der Waals surface area contributed by atoms with Crippen LogP contribution in [0.15, 0.2) is 30.5 Å². The second-order valence-corrected chi connectivity index (χ2v) is 7.17. The molecule has 1 aliphatic carbocycles. The number of aromatic nitrogens is 1. The molecule has 1 aromatic carbocycles. The van der Waals surface area contributed by atoms with Crippen molar-refractivity contribution in [3.63, 3.8) is 0 Å². The zero-order chi connectivity index (χ0) is 15.5. The summed E-state index contributed by atoms with van der Waals surface area (Å²) in [6.07, 6.45) is 4.53. The van der Waals surface area contributed by atoms with Gasteiger partial charge in [0.15, 0.2) is 0 Å². The maximum atomic E-state index is 12.9. The van der Waals surface area contributed by atoms with Crippen LogP contribution < -0.4 is 5.32 Å². The minimum atomic E-state index is -0.577. The minimum Gasteiger partial charge on any atom is -0.388 e. The van der Waals surface area contributed by atoms with E-state index in [1.807, 2.05) is 6.20 Å². The first-order valence-electron chi connectivity index (χ1n) is 7.73. The Bertz CT molecular complexity index is 609. The number of hydrogen-bond acceptors (Lipinski definition) is 4. The Balaban J connectivity index is 1.46. The van der Waals surface area contributed by atoms with E-state index in [2.05, 4.69) is 17.2 Å². The van der Waals surface area contributed by atoms with Gasteiger partial charge in [-0.1, -0.05) is 12.1 Å². The lowest BCUT2D eigenvalue weighted by molar-refractivity contribution is 0.154. The van der Waals surface area contributed by atoms with Crippen molar-refractivity contribution >= 4 is 11.3 Å². The number of aliphatic hydroxyl groups excluding tert-OH is 1. The van der Waals surface area contributed by atoms with Crippen LogP contribution >= 0.6 is 11.3 Å². The Hall–Kier alpha value is -1.30. The Labute approximate surface area is 134 Å². The van der Waals surface area contributed by atoms with E-state index < -0.39 is 6.10 Å². The standard InChI is InChI=1S/C17H21FN2OS/c1-11(8-16(21)12-4-6-14(18)7-5-12)19-9-15-10-20-17(22-15)13-2-3-13/h4-7,10-11,13,16,19,21H,2-3,8-9H2,1H3. The van der Waals surface area contributed by atoms with Crippen LogP contribution in [0.5, 0.6) is 0 Å². The first-order chi connectivity index (χ1) is 10.6. The highest BCUT2D eigenvalue weighted by atomic mass is 32.1. The summed E-state index contributed by atoms with van der Waals surface area (Å²) in [7, 11) is 0. The molecule has 0 aliphatic heterocycles. The summed E-state index contributed by atoms with van der Waals surface area (Å²) in [5, 5.41) is 14.9. The van der Waals surface area contributed by atoms with Crippen molar-refractivity contribution < 1.29 is 9.50 Å². The number of benzene rings is 1. The number of hydrogen-bond donors (Lipinski definition) is 2. The molecule has 0 bridgehead atoms. The van der Waals surface area contributed by atoms with Gasteiger partial charge in [0.05, 0.1) is 11.1 Å². The smallest absolute Gasteiger partial charge is 0.123 e. The topological polar surface area (TPSA) is 45.1 Å². The maximum absolute atomic E-state index is 12.9. The molecule has 1 heterocycles. The molecule has 1 saturated carbocycles. The van der Waals surface area contributed by atoms with Crippen LogP contribution in [0, 0.1) is 5.82 Å². The largest absolute Gasteiger partial charge is 0.388 e. The Morgan fingerprint density at radius 3 is 2.77 bits per heavy atom. The first kappa shape index (κ1) is 15.6. The monoisotopic (exact) mass is 320 g/mol. The van der Waals surface area contributed by atoms with Crippen LogP contribution in [-0.2, 0) is 6.54 Å². The van der Waals surface area contributed by atoms with E-state index in [1.54, 1.807) is 23.5 Å². The van der Waals surface area contributed by atoms with Gasteiger partial charge in [-0.15, -0.1) is 11.3 Å². The van der Waals surface area contributed by atoms with Crippen LogP contribution in [0.3, 0.4) is 0 Å². The van der Waals surface area contributed by atoms with Crippen molar-refractivity contribution in [2.75, 3.05) is 0 Å². The van der Waals surface area contributed by atoms with Crippen molar-refractivity contribution in [3.8, 4) is 0 Å². The highest BCUT2D eigenvalue weighted by Gasteiger charge is 2.26. The predicted molar refractivity (Wildman–Crippen MR) is 86.4 cm³/mol. The fourth-order valence-electron chi connectivity index (χ4n) is 2.44. The number of rotatable bonds is 7. The third kappa shape index (κ3) is 4.12. The van der Waals surface area contributed by atoms with Gasteiger partial charge in [-0.25, -0.2) is 9.37 Å². The zero-order valence-corrected chi connectivity index (χ0v) is 13.4. The molecule has 0 saturated heterocycles. The van der Waals surface area contributed by atoms with E-state index in [-0.39, 0.29) is 11.9 Å². The lowest BCUT2D eigenvalue weighted by Gasteiger charge is -2.17. The normalized spacial score (nSPS) is 17.4. The SMILES string of the molecule is CC(CC(O)c1ccc(F)cc1)NCc1cnc(C2CC2)s1. The summed E-state index contributed by atoms with van der Waals surface area (Å²) >= 11 is 1.78. The van der Waals surface area contributed by atoms with Gasteiger partial charge in [-0.3, -0.25) is 0 Å². The summed E-state index contributed by atoms with van der Waals surface area (Å²) in [6, 6.07) is 6.21. The molecule has 118 valence electrons. The number of thiazole rings is 1. The fourth-order valence-corrected chi connectivity index (χ4v) is 3.47. The summed E-state index contributed by atoms with van der Waals surface area (Å²) in [5.74, 6) is 0.426. The summed E-state index contributed by atoms with van der Waals surface area (Å²) < 4.78 is 12.9. The Kier molecular flexibility index (Phi) is 4.86. The van der Waals surface area contributed by atoms with Crippen LogP contribution in [-0.4, -0.2) is 16.1 Å². The van der Waals surface area contributed by atoms with Gasteiger partial charge in [0, 0.05) is 29.6 Å². The van der Waals surface area contributed by atoms with Crippen molar-refractivity contribution in [2.45, 2.75) is 50.8 Å². The van der Waals surface area contributed by atoms with Crippen molar-refractivity contribution in [2.24, 2.45) is 0 Å². The average molecular weight is 320 g/mol. The Morgan fingerprint density at radius 1 is 1.36 bits per heavy atom. The molecule has 3 nitrogen and oxygen atoms in total. The van der Waals surface area contributed by atoms with Gasteiger partial charge in [-0.05, 0) is 43.9 Å². The number of aliphatic hydroxyl groups is 1. The molecule has 1 fully saturated rings. The molecular weight excluding hydrogens is 299 g/mol. The van der Waals surface area contributed by atoms with Crippen molar-refractivity contribution in [1.82, 2.24) is 10.3 Å². The summed E-state index contributed by atoms with van der Waals surface area (Å²) in [5.41, 5.74) is 0.754. The zero-order valence-electron chi connectivity index (χ0n) is 12.6. The van der Waals surface area contributed by atoms with E-state index in [0.29, 0.717) is 12.3 Å². The van der Waals surface area contributed by atoms with E-state index >= 15 is 0 Å². The number of nitrogens with one attached hydrogen (secondary N) is 1. The molecule has 22 heavy (non-hydrogen) atoms. The molecule has 3 rings (SSSR count). The second kappa shape index (κ2) is 6.86. The number of nitrogens with zero attached hydrogens (tertiary/aromatic N) is 1.